The molecule has 4 heteroatoms. The van der Waals surface area contributed by atoms with E-state index >= 15 is 0 Å². The molecule has 4 nitrogen and oxygen atoms in total. The lowest BCUT2D eigenvalue weighted by Gasteiger charge is -2.15. The molecule has 0 aromatic heterocycles. The molecule has 0 atom stereocenters. The molecular formula is C19H23NO3. The topological polar surface area (TPSA) is 47.6 Å². The average molecular weight is 313 g/mol. The van der Waals surface area contributed by atoms with E-state index < -0.39 is 0 Å². The van der Waals surface area contributed by atoms with E-state index in [-0.39, 0.29) is 18.6 Å². The van der Waals surface area contributed by atoms with Gasteiger partial charge in [-0.25, -0.2) is 0 Å². The van der Waals surface area contributed by atoms with Crippen LogP contribution in [0.15, 0.2) is 42.5 Å². The molecule has 2 aromatic carbocycles. The van der Waals surface area contributed by atoms with E-state index in [0.29, 0.717) is 17.2 Å². The highest BCUT2D eigenvalue weighted by Crippen LogP contribution is 2.24. The number of ether oxygens (including phenoxy) is 2. The number of amides is 1. The van der Waals surface area contributed by atoms with Gasteiger partial charge in [-0.2, -0.15) is 0 Å². The maximum atomic E-state index is 12.1. The Labute approximate surface area is 137 Å². The van der Waals surface area contributed by atoms with Crippen molar-refractivity contribution < 1.29 is 14.3 Å². The predicted octanol–water partition coefficient (Wildman–Crippen LogP) is 4.11. The van der Waals surface area contributed by atoms with Crippen LogP contribution < -0.4 is 14.8 Å². The Morgan fingerprint density at radius 2 is 1.83 bits per heavy atom. The molecule has 0 heterocycles. The first-order valence-corrected chi connectivity index (χ1v) is 7.71. The molecule has 0 spiro atoms. The standard InChI is InChI=1S/C19H23NO3/c1-13(2)23-18-8-6-5-7-17(18)20-19(21)12-22-16-10-9-14(3)15(4)11-16/h5-11,13H,12H2,1-4H3,(H,20,21). The van der Waals surface area contributed by atoms with Crippen LogP contribution in [0.4, 0.5) is 5.69 Å². The van der Waals surface area contributed by atoms with Gasteiger partial charge in [-0.15, -0.1) is 0 Å². The van der Waals surface area contributed by atoms with Crippen LogP contribution in [0.1, 0.15) is 25.0 Å². The first-order valence-electron chi connectivity index (χ1n) is 7.71. The van der Waals surface area contributed by atoms with Gasteiger partial charge in [0.1, 0.15) is 11.5 Å². The van der Waals surface area contributed by atoms with Crippen molar-refractivity contribution in [3.63, 3.8) is 0 Å². The van der Waals surface area contributed by atoms with Crippen molar-refractivity contribution in [2.45, 2.75) is 33.8 Å². The molecule has 0 saturated heterocycles. The quantitative estimate of drug-likeness (QED) is 0.873. The van der Waals surface area contributed by atoms with E-state index in [0.717, 1.165) is 5.56 Å². The summed E-state index contributed by atoms with van der Waals surface area (Å²) in [5.74, 6) is 1.13. The second-order valence-electron chi connectivity index (χ2n) is 5.75. The lowest BCUT2D eigenvalue weighted by Crippen LogP contribution is -2.21. The molecule has 0 aliphatic heterocycles. The fourth-order valence-corrected chi connectivity index (χ4v) is 2.07. The Hall–Kier alpha value is -2.49. The number of carbonyl (C=O) groups excluding carboxylic acids is 1. The summed E-state index contributed by atoms with van der Waals surface area (Å²) < 4.78 is 11.2. The van der Waals surface area contributed by atoms with Crippen molar-refractivity contribution >= 4 is 11.6 Å². The minimum Gasteiger partial charge on any atom is -0.489 e. The van der Waals surface area contributed by atoms with Crippen molar-refractivity contribution in [3.8, 4) is 11.5 Å². The number of nitrogens with one attached hydrogen (secondary N) is 1. The van der Waals surface area contributed by atoms with Gasteiger partial charge in [0.05, 0.1) is 11.8 Å². The Bertz CT molecular complexity index is 680. The summed E-state index contributed by atoms with van der Waals surface area (Å²) in [5.41, 5.74) is 2.98. The number of hydrogen-bond acceptors (Lipinski definition) is 3. The minimum absolute atomic E-state index is 0.0415. The lowest BCUT2D eigenvalue weighted by atomic mass is 10.1. The monoisotopic (exact) mass is 313 g/mol. The molecule has 0 fully saturated rings. The van der Waals surface area contributed by atoms with Gasteiger partial charge in [0, 0.05) is 0 Å². The van der Waals surface area contributed by atoms with Crippen molar-refractivity contribution in [2.24, 2.45) is 0 Å². The molecule has 0 aliphatic rings. The highest BCUT2D eigenvalue weighted by atomic mass is 16.5. The van der Waals surface area contributed by atoms with Gasteiger partial charge in [-0.1, -0.05) is 18.2 Å². The molecule has 1 N–H and O–H groups in total. The van der Waals surface area contributed by atoms with Crippen LogP contribution >= 0.6 is 0 Å². The largest absolute Gasteiger partial charge is 0.489 e. The van der Waals surface area contributed by atoms with Gasteiger partial charge < -0.3 is 14.8 Å². The molecule has 2 rings (SSSR count). The Morgan fingerprint density at radius 1 is 1.09 bits per heavy atom. The summed E-state index contributed by atoms with van der Waals surface area (Å²) in [7, 11) is 0. The number of benzene rings is 2. The number of hydrogen-bond donors (Lipinski definition) is 1. The SMILES string of the molecule is Cc1ccc(OCC(=O)Nc2ccccc2OC(C)C)cc1C. The third-order valence-corrected chi connectivity index (χ3v) is 3.37. The smallest absolute Gasteiger partial charge is 0.262 e. The molecule has 2 aromatic rings. The minimum atomic E-state index is -0.219. The van der Waals surface area contributed by atoms with Crippen molar-refractivity contribution in [1.29, 1.82) is 0 Å². The Balaban J connectivity index is 1.96. The first kappa shape index (κ1) is 16.9. The van der Waals surface area contributed by atoms with Crippen molar-refractivity contribution in [3.05, 3.63) is 53.6 Å². The maximum Gasteiger partial charge on any atom is 0.262 e. The second kappa shape index (κ2) is 7.68. The Kier molecular flexibility index (Phi) is 5.63. The molecule has 0 unspecified atom stereocenters. The third-order valence-electron chi connectivity index (χ3n) is 3.37. The highest BCUT2D eigenvalue weighted by molar-refractivity contribution is 5.93. The summed E-state index contributed by atoms with van der Waals surface area (Å²) in [5, 5.41) is 2.82. The highest BCUT2D eigenvalue weighted by Gasteiger charge is 2.09. The van der Waals surface area contributed by atoms with Gasteiger partial charge in [-0.3, -0.25) is 4.79 Å². The number of anilines is 1. The first-order chi connectivity index (χ1) is 11.0. The number of aryl methyl sites for hydroxylation is 2. The van der Waals surface area contributed by atoms with E-state index in [1.807, 2.05) is 70.2 Å². The summed E-state index contributed by atoms with van der Waals surface area (Å²) in [6.45, 7) is 7.90. The van der Waals surface area contributed by atoms with Gasteiger partial charge in [0.15, 0.2) is 6.61 Å². The van der Waals surface area contributed by atoms with Crippen LogP contribution in [0.3, 0.4) is 0 Å². The second-order valence-corrected chi connectivity index (χ2v) is 5.75. The van der Waals surface area contributed by atoms with Crippen molar-refractivity contribution in [2.75, 3.05) is 11.9 Å². The third kappa shape index (κ3) is 5.02. The Morgan fingerprint density at radius 3 is 2.52 bits per heavy atom. The molecule has 23 heavy (non-hydrogen) atoms. The van der Waals surface area contributed by atoms with Crippen LogP contribution in [-0.2, 0) is 4.79 Å². The molecule has 0 aliphatic carbocycles. The zero-order valence-electron chi connectivity index (χ0n) is 14.1. The van der Waals surface area contributed by atoms with Gasteiger partial charge in [-0.05, 0) is 63.1 Å². The molecule has 1 amide bonds. The molecule has 0 bridgehead atoms. The van der Waals surface area contributed by atoms with E-state index in [4.69, 9.17) is 9.47 Å². The van der Waals surface area contributed by atoms with Crippen LogP contribution in [0.5, 0.6) is 11.5 Å². The summed E-state index contributed by atoms with van der Waals surface area (Å²) in [4.78, 5) is 12.1. The van der Waals surface area contributed by atoms with Gasteiger partial charge in [0.25, 0.3) is 5.91 Å². The van der Waals surface area contributed by atoms with E-state index in [1.165, 1.54) is 5.56 Å². The predicted molar refractivity (Wildman–Crippen MR) is 92.2 cm³/mol. The van der Waals surface area contributed by atoms with E-state index in [1.54, 1.807) is 0 Å². The fourth-order valence-electron chi connectivity index (χ4n) is 2.07. The maximum absolute atomic E-state index is 12.1. The van der Waals surface area contributed by atoms with Crippen LogP contribution in [-0.4, -0.2) is 18.6 Å². The van der Waals surface area contributed by atoms with Crippen LogP contribution in [0.25, 0.3) is 0 Å². The summed E-state index contributed by atoms with van der Waals surface area (Å²) in [6.07, 6.45) is 0.0415. The van der Waals surface area contributed by atoms with Crippen LogP contribution in [0, 0.1) is 13.8 Å². The van der Waals surface area contributed by atoms with Crippen LogP contribution in [0.2, 0.25) is 0 Å². The fraction of sp³-hybridized carbons (Fsp3) is 0.316. The normalized spacial score (nSPS) is 10.5. The van der Waals surface area contributed by atoms with Crippen molar-refractivity contribution in [1.82, 2.24) is 0 Å². The zero-order chi connectivity index (χ0) is 16.8. The van der Waals surface area contributed by atoms with Gasteiger partial charge >= 0.3 is 0 Å². The molecule has 122 valence electrons. The molecular weight excluding hydrogens is 290 g/mol. The van der Waals surface area contributed by atoms with E-state index in [9.17, 15) is 4.79 Å². The number of para-hydroxylation sites is 2. The molecule has 0 radical (unpaired) electrons. The summed E-state index contributed by atoms with van der Waals surface area (Å²) in [6, 6.07) is 13.1. The average Bonchev–Trinajstić information content (AvgIpc) is 2.50. The molecule has 0 saturated carbocycles. The summed E-state index contributed by atoms with van der Waals surface area (Å²) >= 11 is 0. The van der Waals surface area contributed by atoms with E-state index in [2.05, 4.69) is 5.32 Å². The lowest BCUT2D eigenvalue weighted by molar-refractivity contribution is -0.118. The van der Waals surface area contributed by atoms with Gasteiger partial charge in [0.2, 0.25) is 0 Å². The number of carbonyl (C=O) groups is 1. The number of rotatable bonds is 6. The zero-order valence-corrected chi connectivity index (χ0v) is 14.1.